The minimum absolute atomic E-state index is 0.227. The van der Waals surface area contributed by atoms with Crippen molar-refractivity contribution in [2.45, 2.75) is 13.5 Å². The number of nitrogens with zero attached hydrogens (tertiary/aromatic N) is 2. The van der Waals surface area contributed by atoms with Gasteiger partial charge in [-0.3, -0.25) is 20.2 Å². The van der Waals surface area contributed by atoms with E-state index in [9.17, 15) is 20.2 Å². The Bertz CT molecular complexity index is 419. The van der Waals surface area contributed by atoms with E-state index in [0.29, 0.717) is 18.7 Å². The molecule has 0 saturated heterocycles. The van der Waals surface area contributed by atoms with Gasteiger partial charge in [-0.2, -0.15) is 0 Å². The predicted molar refractivity (Wildman–Crippen MR) is 57.1 cm³/mol. The lowest BCUT2D eigenvalue weighted by atomic mass is 10.1. The van der Waals surface area contributed by atoms with Gasteiger partial charge in [0.2, 0.25) is 0 Å². The summed E-state index contributed by atoms with van der Waals surface area (Å²) in [5, 5.41) is 24.1. The Morgan fingerprint density at radius 2 is 1.94 bits per heavy atom. The first kappa shape index (κ1) is 12.1. The zero-order chi connectivity index (χ0) is 12.1. The molecule has 16 heavy (non-hydrogen) atoms. The molecule has 1 N–H and O–H groups in total. The molecule has 0 spiro atoms. The molecule has 1 aromatic carbocycles. The second kappa shape index (κ2) is 5.17. The van der Waals surface area contributed by atoms with Gasteiger partial charge in [-0.15, -0.1) is 0 Å². The number of non-ortho nitro benzene ring substituents is 1. The van der Waals surface area contributed by atoms with Crippen LogP contribution in [-0.2, 0) is 6.54 Å². The van der Waals surface area contributed by atoms with Crippen molar-refractivity contribution in [1.29, 1.82) is 0 Å². The molecule has 0 atom stereocenters. The van der Waals surface area contributed by atoms with Crippen LogP contribution in [0.1, 0.15) is 12.5 Å². The maximum atomic E-state index is 10.7. The smallest absolute Gasteiger partial charge is 0.280 e. The highest BCUT2D eigenvalue weighted by molar-refractivity contribution is 5.49. The number of nitrogens with one attached hydrogen (secondary N) is 1. The van der Waals surface area contributed by atoms with E-state index >= 15 is 0 Å². The summed E-state index contributed by atoms with van der Waals surface area (Å²) in [5.74, 6) is 0. The van der Waals surface area contributed by atoms with Crippen molar-refractivity contribution in [3.8, 4) is 0 Å². The van der Waals surface area contributed by atoms with Crippen molar-refractivity contribution in [1.82, 2.24) is 5.32 Å². The Labute approximate surface area is 91.4 Å². The third kappa shape index (κ3) is 2.74. The highest BCUT2D eigenvalue weighted by Crippen LogP contribution is 2.24. The van der Waals surface area contributed by atoms with Gasteiger partial charge in [0.1, 0.15) is 0 Å². The molecule has 0 heterocycles. The summed E-state index contributed by atoms with van der Waals surface area (Å²) in [6.07, 6.45) is 0. The van der Waals surface area contributed by atoms with Crippen molar-refractivity contribution in [3.05, 3.63) is 44.0 Å². The van der Waals surface area contributed by atoms with E-state index in [1.54, 1.807) is 0 Å². The molecule has 0 aliphatic heterocycles. The van der Waals surface area contributed by atoms with Crippen molar-refractivity contribution < 1.29 is 9.85 Å². The average Bonchev–Trinajstić information content (AvgIpc) is 2.25. The van der Waals surface area contributed by atoms with Crippen LogP contribution in [0, 0.1) is 20.2 Å². The Balaban J connectivity index is 3.09. The van der Waals surface area contributed by atoms with Gasteiger partial charge in [0.15, 0.2) is 0 Å². The fourth-order valence-electron chi connectivity index (χ4n) is 1.24. The van der Waals surface area contributed by atoms with E-state index < -0.39 is 9.85 Å². The minimum Gasteiger partial charge on any atom is -0.313 e. The molecule has 0 aromatic heterocycles. The van der Waals surface area contributed by atoms with Gasteiger partial charge in [0.25, 0.3) is 11.4 Å². The monoisotopic (exact) mass is 225 g/mol. The molecular weight excluding hydrogens is 214 g/mol. The summed E-state index contributed by atoms with van der Waals surface area (Å²) >= 11 is 0. The number of nitro benzene ring substituents is 2. The maximum Gasteiger partial charge on any atom is 0.280 e. The van der Waals surface area contributed by atoms with Crippen LogP contribution in [0.4, 0.5) is 11.4 Å². The van der Waals surface area contributed by atoms with E-state index in [1.807, 2.05) is 6.92 Å². The Kier molecular flexibility index (Phi) is 3.90. The quantitative estimate of drug-likeness (QED) is 0.606. The van der Waals surface area contributed by atoms with Gasteiger partial charge in [0.05, 0.1) is 15.9 Å². The number of rotatable bonds is 5. The van der Waals surface area contributed by atoms with Crippen LogP contribution in [-0.4, -0.2) is 16.4 Å². The van der Waals surface area contributed by atoms with Crippen molar-refractivity contribution >= 4 is 11.4 Å². The molecule has 0 bridgehead atoms. The zero-order valence-electron chi connectivity index (χ0n) is 8.67. The fourth-order valence-corrected chi connectivity index (χ4v) is 1.24. The predicted octanol–water partition coefficient (Wildman–Crippen LogP) is 1.61. The van der Waals surface area contributed by atoms with Crippen molar-refractivity contribution in [3.63, 3.8) is 0 Å². The molecule has 0 aliphatic rings. The molecule has 86 valence electrons. The van der Waals surface area contributed by atoms with Crippen LogP contribution in [0.15, 0.2) is 18.2 Å². The van der Waals surface area contributed by atoms with Crippen molar-refractivity contribution in [2.75, 3.05) is 6.54 Å². The SMILES string of the molecule is CCNCc1ccc([N+](=O)[O-])cc1[N+](=O)[O-]. The van der Waals surface area contributed by atoms with Crippen LogP contribution in [0.2, 0.25) is 0 Å². The largest absolute Gasteiger partial charge is 0.313 e. The van der Waals surface area contributed by atoms with Crippen LogP contribution < -0.4 is 5.32 Å². The van der Waals surface area contributed by atoms with Crippen LogP contribution in [0.3, 0.4) is 0 Å². The molecule has 1 rings (SSSR count). The molecule has 7 nitrogen and oxygen atoms in total. The number of hydrogen-bond donors (Lipinski definition) is 1. The lowest BCUT2D eigenvalue weighted by Crippen LogP contribution is -2.13. The molecule has 0 unspecified atom stereocenters. The highest BCUT2D eigenvalue weighted by Gasteiger charge is 2.18. The molecule has 0 radical (unpaired) electrons. The van der Waals surface area contributed by atoms with Gasteiger partial charge >= 0.3 is 0 Å². The van der Waals surface area contributed by atoms with Gasteiger partial charge in [-0.25, -0.2) is 0 Å². The number of nitro groups is 2. The van der Waals surface area contributed by atoms with Gasteiger partial charge < -0.3 is 5.32 Å². The third-order valence-corrected chi connectivity index (χ3v) is 2.04. The maximum absolute atomic E-state index is 10.7. The lowest BCUT2D eigenvalue weighted by Gasteiger charge is -2.03. The molecular formula is C9H11N3O4. The first-order valence-corrected chi connectivity index (χ1v) is 4.68. The molecule has 7 heteroatoms. The van der Waals surface area contributed by atoms with Gasteiger partial charge in [-0.1, -0.05) is 6.92 Å². The molecule has 0 saturated carbocycles. The van der Waals surface area contributed by atoms with Crippen LogP contribution >= 0.6 is 0 Å². The summed E-state index contributed by atoms with van der Waals surface area (Å²) in [4.78, 5) is 19.9. The Morgan fingerprint density at radius 1 is 1.25 bits per heavy atom. The number of hydrogen-bond acceptors (Lipinski definition) is 5. The Morgan fingerprint density at radius 3 is 2.44 bits per heavy atom. The summed E-state index contributed by atoms with van der Waals surface area (Å²) in [5.41, 5.74) is -0.0560. The van der Waals surface area contributed by atoms with E-state index in [2.05, 4.69) is 5.32 Å². The van der Waals surface area contributed by atoms with E-state index in [0.717, 1.165) is 6.07 Å². The second-order valence-corrected chi connectivity index (χ2v) is 3.11. The van der Waals surface area contributed by atoms with Crippen LogP contribution in [0.25, 0.3) is 0 Å². The number of benzene rings is 1. The summed E-state index contributed by atoms with van der Waals surface area (Å²) in [6, 6.07) is 3.64. The standard InChI is InChI=1S/C9H11N3O4/c1-2-10-6-7-3-4-8(11(13)14)5-9(7)12(15)16/h3-5,10H,2,6H2,1H3. The third-order valence-electron chi connectivity index (χ3n) is 2.04. The van der Waals surface area contributed by atoms with E-state index in [-0.39, 0.29) is 11.4 Å². The normalized spacial score (nSPS) is 10.1. The minimum atomic E-state index is -0.649. The summed E-state index contributed by atoms with van der Waals surface area (Å²) in [6.45, 7) is 2.87. The van der Waals surface area contributed by atoms with Crippen LogP contribution in [0.5, 0.6) is 0 Å². The fraction of sp³-hybridized carbons (Fsp3) is 0.333. The lowest BCUT2D eigenvalue weighted by molar-refractivity contribution is -0.394. The topological polar surface area (TPSA) is 98.3 Å². The van der Waals surface area contributed by atoms with Gasteiger partial charge in [0, 0.05) is 18.2 Å². The highest BCUT2D eigenvalue weighted by atomic mass is 16.6. The molecule has 1 aromatic rings. The molecule has 0 fully saturated rings. The zero-order valence-corrected chi connectivity index (χ0v) is 8.67. The average molecular weight is 225 g/mol. The summed E-state index contributed by atoms with van der Waals surface area (Å²) in [7, 11) is 0. The first-order chi connectivity index (χ1) is 7.56. The van der Waals surface area contributed by atoms with E-state index in [1.165, 1.54) is 12.1 Å². The Hall–Kier alpha value is -2.02. The second-order valence-electron chi connectivity index (χ2n) is 3.11. The van der Waals surface area contributed by atoms with Gasteiger partial charge in [-0.05, 0) is 12.6 Å². The van der Waals surface area contributed by atoms with Crippen molar-refractivity contribution in [2.24, 2.45) is 0 Å². The first-order valence-electron chi connectivity index (χ1n) is 4.68. The molecule has 0 aliphatic carbocycles. The van der Waals surface area contributed by atoms with E-state index in [4.69, 9.17) is 0 Å². The summed E-state index contributed by atoms with van der Waals surface area (Å²) < 4.78 is 0. The molecule has 0 amide bonds.